The van der Waals surface area contributed by atoms with E-state index in [1.165, 1.54) is 9.80 Å². The van der Waals surface area contributed by atoms with E-state index in [1.807, 2.05) is 0 Å². The lowest BCUT2D eigenvalue weighted by molar-refractivity contribution is -0.879. The lowest BCUT2D eigenvalue weighted by Gasteiger charge is -2.19. The number of nitrogens with zero attached hydrogens (tertiary/aromatic N) is 1. The van der Waals surface area contributed by atoms with Gasteiger partial charge in [0.25, 0.3) is 5.91 Å². The van der Waals surface area contributed by atoms with E-state index in [1.54, 1.807) is 25.2 Å². The molecule has 1 aromatic rings. The van der Waals surface area contributed by atoms with Crippen molar-refractivity contribution in [1.82, 2.24) is 4.90 Å². The maximum atomic E-state index is 12.1. The van der Waals surface area contributed by atoms with Crippen LogP contribution in [0, 0.1) is 0 Å². The maximum absolute atomic E-state index is 12.1. The number of likely N-dealkylation sites (tertiary alicyclic amines) is 1. The number of halogens is 2. The lowest BCUT2D eigenvalue weighted by Crippen LogP contribution is -3.11. The molecule has 1 heterocycles. The molecule has 120 valence electrons. The number of rotatable bonds is 5. The molecule has 0 atom stereocenters. The molecular formula is C15H20Cl2N3O2+. The fourth-order valence-electron chi connectivity index (χ4n) is 2.50. The molecule has 0 spiro atoms. The highest BCUT2D eigenvalue weighted by Crippen LogP contribution is 2.29. The van der Waals surface area contributed by atoms with Gasteiger partial charge in [0.2, 0.25) is 5.91 Å². The van der Waals surface area contributed by atoms with E-state index in [-0.39, 0.29) is 18.4 Å². The molecule has 5 nitrogen and oxygen atoms in total. The van der Waals surface area contributed by atoms with Crippen LogP contribution < -0.4 is 10.2 Å². The van der Waals surface area contributed by atoms with E-state index >= 15 is 0 Å². The van der Waals surface area contributed by atoms with E-state index in [4.69, 9.17) is 23.2 Å². The monoisotopic (exact) mass is 344 g/mol. The molecule has 1 aliphatic heterocycles. The summed E-state index contributed by atoms with van der Waals surface area (Å²) in [5.41, 5.74) is 0.377. The van der Waals surface area contributed by atoms with E-state index in [9.17, 15) is 9.59 Å². The Labute approximate surface area is 140 Å². The van der Waals surface area contributed by atoms with Crippen LogP contribution in [0.5, 0.6) is 0 Å². The first kappa shape index (κ1) is 17.1. The number of hydrogen-bond acceptors (Lipinski definition) is 2. The van der Waals surface area contributed by atoms with Crippen molar-refractivity contribution in [2.24, 2.45) is 0 Å². The van der Waals surface area contributed by atoms with Gasteiger partial charge in [-0.05, 0) is 12.1 Å². The number of likely N-dealkylation sites (N-methyl/N-ethyl adjacent to an activating group) is 1. The van der Waals surface area contributed by atoms with Crippen molar-refractivity contribution in [3.05, 3.63) is 28.2 Å². The molecule has 1 aromatic carbocycles. The summed E-state index contributed by atoms with van der Waals surface area (Å²) in [6.07, 6.45) is 2.33. The predicted molar refractivity (Wildman–Crippen MR) is 87.5 cm³/mol. The summed E-state index contributed by atoms with van der Waals surface area (Å²) in [6, 6.07) is 5.00. The van der Waals surface area contributed by atoms with Crippen LogP contribution in [-0.4, -0.2) is 49.9 Å². The van der Waals surface area contributed by atoms with Gasteiger partial charge in [0.05, 0.1) is 35.4 Å². The fourth-order valence-corrected chi connectivity index (χ4v) is 2.99. The van der Waals surface area contributed by atoms with E-state index in [0.717, 1.165) is 25.9 Å². The minimum absolute atomic E-state index is 0.0202. The van der Waals surface area contributed by atoms with Crippen LogP contribution in [0.25, 0.3) is 0 Å². The first-order valence-corrected chi connectivity index (χ1v) is 8.04. The summed E-state index contributed by atoms with van der Waals surface area (Å²) < 4.78 is 0. The van der Waals surface area contributed by atoms with E-state index in [2.05, 4.69) is 5.32 Å². The number of anilines is 1. The molecule has 0 unspecified atom stereocenters. The first-order chi connectivity index (χ1) is 10.5. The molecule has 0 bridgehead atoms. The Kier molecular flexibility index (Phi) is 6.06. The summed E-state index contributed by atoms with van der Waals surface area (Å²) in [7, 11) is 1.63. The molecule has 22 heavy (non-hydrogen) atoms. The molecule has 2 amide bonds. The second-order valence-corrected chi connectivity index (χ2v) is 6.34. The molecule has 1 fully saturated rings. The van der Waals surface area contributed by atoms with Gasteiger partial charge in [0, 0.05) is 19.9 Å². The smallest absolute Gasteiger partial charge is 0.277 e. The Hall–Kier alpha value is -1.30. The molecule has 0 aromatic heterocycles. The van der Waals surface area contributed by atoms with Crippen LogP contribution in [0.1, 0.15) is 12.8 Å². The summed E-state index contributed by atoms with van der Waals surface area (Å²) in [5.74, 6) is -0.348. The van der Waals surface area contributed by atoms with Gasteiger partial charge >= 0.3 is 0 Å². The average Bonchev–Trinajstić information content (AvgIpc) is 2.96. The van der Waals surface area contributed by atoms with Crippen LogP contribution >= 0.6 is 23.2 Å². The van der Waals surface area contributed by atoms with E-state index < -0.39 is 0 Å². The second-order valence-electron chi connectivity index (χ2n) is 5.53. The quantitative estimate of drug-likeness (QED) is 0.839. The number of benzene rings is 1. The summed E-state index contributed by atoms with van der Waals surface area (Å²) in [5, 5.41) is 3.40. The van der Waals surface area contributed by atoms with Gasteiger partial charge in [-0.15, -0.1) is 0 Å². The third-order valence-corrected chi connectivity index (χ3v) is 4.38. The Balaban J connectivity index is 1.86. The Morgan fingerprint density at radius 2 is 1.82 bits per heavy atom. The third kappa shape index (κ3) is 4.60. The Morgan fingerprint density at radius 1 is 1.23 bits per heavy atom. The summed E-state index contributed by atoms with van der Waals surface area (Å²) >= 11 is 12.0. The normalized spacial score (nSPS) is 14.9. The van der Waals surface area contributed by atoms with Crippen molar-refractivity contribution in [1.29, 1.82) is 0 Å². The highest BCUT2D eigenvalue weighted by atomic mass is 35.5. The zero-order valence-corrected chi connectivity index (χ0v) is 14.0. The molecule has 1 aliphatic rings. The van der Waals surface area contributed by atoms with Crippen LogP contribution in [-0.2, 0) is 9.59 Å². The summed E-state index contributed by atoms with van der Waals surface area (Å²) in [6.45, 7) is 2.48. The van der Waals surface area contributed by atoms with Gasteiger partial charge in [-0.2, -0.15) is 0 Å². The SMILES string of the molecule is CN(CC(=O)Nc1c(Cl)cccc1Cl)C(=O)C[NH+]1CCCC1. The number of hydrogen-bond donors (Lipinski definition) is 2. The van der Waals surface area contributed by atoms with Crippen molar-refractivity contribution in [3.63, 3.8) is 0 Å². The molecule has 1 saturated heterocycles. The van der Waals surface area contributed by atoms with Crippen LogP contribution in [0.3, 0.4) is 0 Å². The maximum Gasteiger partial charge on any atom is 0.277 e. The van der Waals surface area contributed by atoms with Crippen molar-refractivity contribution in [2.45, 2.75) is 12.8 Å². The van der Waals surface area contributed by atoms with Crippen molar-refractivity contribution < 1.29 is 14.5 Å². The highest BCUT2D eigenvalue weighted by Gasteiger charge is 2.22. The third-order valence-electron chi connectivity index (χ3n) is 3.75. The van der Waals surface area contributed by atoms with Crippen molar-refractivity contribution >= 4 is 40.7 Å². The molecule has 0 radical (unpaired) electrons. The molecule has 2 rings (SSSR count). The van der Waals surface area contributed by atoms with Gasteiger partial charge in [0.15, 0.2) is 6.54 Å². The van der Waals surface area contributed by atoms with Crippen LogP contribution in [0.15, 0.2) is 18.2 Å². The van der Waals surface area contributed by atoms with Crippen LogP contribution in [0.4, 0.5) is 5.69 Å². The molecular weight excluding hydrogens is 325 g/mol. The van der Waals surface area contributed by atoms with E-state index in [0.29, 0.717) is 22.3 Å². The van der Waals surface area contributed by atoms with Crippen molar-refractivity contribution in [2.75, 3.05) is 38.5 Å². The zero-order chi connectivity index (χ0) is 16.1. The number of carbonyl (C=O) groups is 2. The fraction of sp³-hybridized carbons (Fsp3) is 0.467. The number of carbonyl (C=O) groups excluding carboxylic acids is 2. The number of amides is 2. The Bertz CT molecular complexity index is 539. The largest absolute Gasteiger partial charge is 0.332 e. The average molecular weight is 345 g/mol. The molecule has 2 N–H and O–H groups in total. The summed E-state index contributed by atoms with van der Waals surface area (Å²) in [4.78, 5) is 26.9. The number of quaternary nitrogens is 1. The Morgan fingerprint density at radius 3 is 2.41 bits per heavy atom. The number of nitrogens with one attached hydrogen (secondary N) is 2. The first-order valence-electron chi connectivity index (χ1n) is 7.29. The highest BCUT2D eigenvalue weighted by molar-refractivity contribution is 6.39. The molecule has 0 aliphatic carbocycles. The minimum atomic E-state index is -0.317. The zero-order valence-electron chi connectivity index (χ0n) is 12.5. The van der Waals surface area contributed by atoms with Crippen molar-refractivity contribution in [3.8, 4) is 0 Å². The van der Waals surface area contributed by atoms with Gasteiger partial charge in [0.1, 0.15) is 0 Å². The van der Waals surface area contributed by atoms with Gasteiger partial charge in [-0.3, -0.25) is 9.59 Å². The number of para-hydroxylation sites is 1. The lowest BCUT2D eigenvalue weighted by atomic mass is 10.3. The topological polar surface area (TPSA) is 53.9 Å². The van der Waals surface area contributed by atoms with Crippen LogP contribution in [0.2, 0.25) is 10.0 Å². The van der Waals surface area contributed by atoms with Gasteiger partial charge < -0.3 is 15.1 Å². The standard InChI is InChI=1S/C15H19Cl2N3O2/c1-19(14(22)10-20-7-2-3-8-20)9-13(21)18-15-11(16)5-4-6-12(15)17/h4-6H,2-3,7-10H2,1H3,(H,18,21)/p+1. The van der Waals surface area contributed by atoms with Gasteiger partial charge in [-0.1, -0.05) is 29.3 Å². The predicted octanol–water partition coefficient (Wildman–Crippen LogP) is 1.07. The second kappa shape index (κ2) is 7.81. The molecule has 7 heteroatoms. The molecule has 0 saturated carbocycles. The minimum Gasteiger partial charge on any atom is -0.332 e. The van der Waals surface area contributed by atoms with Gasteiger partial charge in [-0.25, -0.2) is 0 Å².